The van der Waals surface area contributed by atoms with Crippen LogP contribution in [-0.2, 0) is 21.2 Å². The molecule has 0 aromatic heterocycles. The molecule has 0 bridgehead atoms. The lowest BCUT2D eigenvalue weighted by Crippen LogP contribution is -2.43. The number of carbonyl (C=O) groups excluding carboxylic acids is 1. The molecule has 1 aromatic carbocycles. The first kappa shape index (κ1) is 18.9. The van der Waals surface area contributed by atoms with Gasteiger partial charge in [-0.25, -0.2) is 13.1 Å². The zero-order valence-corrected chi connectivity index (χ0v) is 15.5. The molecule has 5 nitrogen and oxygen atoms in total. The molecule has 1 amide bonds. The van der Waals surface area contributed by atoms with Gasteiger partial charge in [0, 0.05) is 12.5 Å². The first-order valence-electron chi connectivity index (χ1n) is 8.65. The Morgan fingerprint density at radius 1 is 1.17 bits per heavy atom. The molecule has 1 saturated carbocycles. The maximum atomic E-state index is 12.2. The fraction of sp³-hybridized carbons (Fsp3) is 0.611. The van der Waals surface area contributed by atoms with Crippen LogP contribution < -0.4 is 10.0 Å². The maximum absolute atomic E-state index is 12.2. The normalized spacial score (nSPS) is 24.5. The summed E-state index contributed by atoms with van der Waals surface area (Å²) in [6.45, 7) is 4.47. The lowest BCUT2D eigenvalue weighted by molar-refractivity contribution is -0.122. The molecule has 2 N–H and O–H groups in total. The Hall–Kier alpha value is -1.40. The minimum Gasteiger partial charge on any atom is -0.353 e. The fourth-order valence-electron chi connectivity index (χ4n) is 3.28. The Morgan fingerprint density at radius 3 is 2.46 bits per heavy atom. The molecule has 24 heavy (non-hydrogen) atoms. The van der Waals surface area contributed by atoms with Crippen molar-refractivity contribution in [1.29, 1.82) is 0 Å². The first-order chi connectivity index (χ1) is 11.3. The molecule has 134 valence electrons. The number of benzene rings is 1. The monoisotopic (exact) mass is 352 g/mol. The number of aryl methyl sites for hydroxylation is 1. The van der Waals surface area contributed by atoms with E-state index in [-0.39, 0.29) is 16.8 Å². The number of hydrogen-bond donors (Lipinski definition) is 2. The predicted molar refractivity (Wildman–Crippen MR) is 95.1 cm³/mol. The molecule has 0 heterocycles. The molecule has 0 aliphatic heterocycles. The summed E-state index contributed by atoms with van der Waals surface area (Å²) < 4.78 is 25.7. The number of rotatable bonds is 6. The van der Waals surface area contributed by atoms with Crippen LogP contribution in [0.25, 0.3) is 0 Å². The van der Waals surface area contributed by atoms with Gasteiger partial charge in [0.15, 0.2) is 0 Å². The smallest absolute Gasteiger partial charge is 0.240 e. The number of hydrogen-bond acceptors (Lipinski definition) is 3. The number of sulfonamides is 1. The van der Waals surface area contributed by atoms with Gasteiger partial charge in [0.2, 0.25) is 15.9 Å². The largest absolute Gasteiger partial charge is 0.353 e. The Labute approximate surface area is 145 Å². The highest BCUT2D eigenvalue weighted by atomic mass is 32.2. The minimum absolute atomic E-state index is 0.0767. The average molecular weight is 353 g/mol. The van der Waals surface area contributed by atoms with Gasteiger partial charge in [0.25, 0.3) is 0 Å². The second-order valence-corrected chi connectivity index (χ2v) is 8.68. The number of amides is 1. The molecular formula is C18H28N2O3S. The first-order valence-corrected chi connectivity index (χ1v) is 10.1. The topological polar surface area (TPSA) is 75.3 Å². The van der Waals surface area contributed by atoms with Gasteiger partial charge in [-0.3, -0.25) is 4.79 Å². The van der Waals surface area contributed by atoms with E-state index in [9.17, 15) is 13.2 Å². The van der Waals surface area contributed by atoms with Crippen molar-refractivity contribution >= 4 is 15.9 Å². The summed E-state index contributed by atoms with van der Waals surface area (Å²) in [7, 11) is -2.02. The van der Waals surface area contributed by atoms with Crippen LogP contribution in [0.1, 0.15) is 45.1 Å². The highest BCUT2D eigenvalue weighted by Crippen LogP contribution is 2.29. The van der Waals surface area contributed by atoms with Gasteiger partial charge in [0.1, 0.15) is 0 Å². The van der Waals surface area contributed by atoms with Crippen molar-refractivity contribution in [3.63, 3.8) is 0 Å². The van der Waals surface area contributed by atoms with E-state index in [0.29, 0.717) is 24.7 Å². The third-order valence-electron chi connectivity index (χ3n) is 5.20. The zero-order valence-electron chi connectivity index (χ0n) is 14.7. The Kier molecular flexibility index (Phi) is 6.40. The van der Waals surface area contributed by atoms with E-state index in [1.165, 1.54) is 19.9 Å². The summed E-state index contributed by atoms with van der Waals surface area (Å²) >= 11 is 0. The van der Waals surface area contributed by atoms with Crippen molar-refractivity contribution < 1.29 is 13.2 Å². The van der Waals surface area contributed by atoms with Crippen molar-refractivity contribution in [3.8, 4) is 0 Å². The van der Waals surface area contributed by atoms with Crippen molar-refractivity contribution in [2.45, 2.75) is 56.9 Å². The third kappa shape index (κ3) is 4.80. The summed E-state index contributed by atoms with van der Waals surface area (Å²) in [5.74, 6) is 1.26. The molecule has 0 radical (unpaired) electrons. The fourth-order valence-corrected chi connectivity index (χ4v) is 4.01. The highest BCUT2D eigenvalue weighted by Gasteiger charge is 2.27. The maximum Gasteiger partial charge on any atom is 0.240 e. The highest BCUT2D eigenvalue weighted by molar-refractivity contribution is 7.89. The molecule has 2 rings (SSSR count). The Balaban J connectivity index is 1.85. The van der Waals surface area contributed by atoms with Gasteiger partial charge in [-0.2, -0.15) is 0 Å². The standard InChI is InChI=1S/C18H28N2O3S/c1-13-5-4-6-17(14(13)2)20-18(21)12-9-15-7-10-16(11-8-15)24(22,23)19-3/h7-8,10-11,13-14,17,19H,4-6,9,12H2,1-3H3,(H,20,21). The van der Waals surface area contributed by atoms with Gasteiger partial charge in [0.05, 0.1) is 4.90 Å². The van der Waals surface area contributed by atoms with Gasteiger partial charge < -0.3 is 5.32 Å². The SMILES string of the molecule is CNS(=O)(=O)c1ccc(CCC(=O)NC2CCCC(C)C2C)cc1. The third-order valence-corrected chi connectivity index (χ3v) is 6.63. The van der Waals surface area contributed by atoms with Gasteiger partial charge >= 0.3 is 0 Å². The van der Waals surface area contributed by atoms with Crippen LogP contribution >= 0.6 is 0 Å². The summed E-state index contributed by atoms with van der Waals surface area (Å²) in [5, 5.41) is 3.17. The summed E-state index contributed by atoms with van der Waals surface area (Å²) in [6.07, 6.45) is 4.53. The van der Waals surface area contributed by atoms with Gasteiger partial charge in [-0.15, -0.1) is 0 Å². The minimum atomic E-state index is -3.41. The summed E-state index contributed by atoms with van der Waals surface area (Å²) in [5.41, 5.74) is 0.963. The van der Waals surface area contributed by atoms with E-state index in [4.69, 9.17) is 0 Å². The molecule has 1 fully saturated rings. The Bertz CT molecular complexity index is 655. The van der Waals surface area contributed by atoms with Crippen LogP contribution in [0.15, 0.2) is 29.2 Å². The lowest BCUT2D eigenvalue weighted by atomic mass is 9.78. The lowest BCUT2D eigenvalue weighted by Gasteiger charge is -2.34. The van der Waals surface area contributed by atoms with Crippen LogP contribution in [0, 0.1) is 11.8 Å². The number of carbonyl (C=O) groups is 1. The Morgan fingerprint density at radius 2 is 1.83 bits per heavy atom. The van der Waals surface area contributed by atoms with Crippen molar-refractivity contribution in [2.24, 2.45) is 11.8 Å². The average Bonchev–Trinajstić information content (AvgIpc) is 2.57. The van der Waals surface area contributed by atoms with Crippen molar-refractivity contribution in [3.05, 3.63) is 29.8 Å². The van der Waals surface area contributed by atoms with Crippen molar-refractivity contribution in [2.75, 3.05) is 7.05 Å². The van der Waals surface area contributed by atoms with E-state index in [2.05, 4.69) is 23.9 Å². The van der Waals surface area contributed by atoms with E-state index >= 15 is 0 Å². The van der Waals surface area contributed by atoms with Crippen LogP contribution in [-0.4, -0.2) is 27.4 Å². The number of nitrogens with one attached hydrogen (secondary N) is 2. The van der Waals surface area contributed by atoms with Crippen molar-refractivity contribution in [1.82, 2.24) is 10.0 Å². The predicted octanol–water partition coefficient (Wildman–Crippen LogP) is 2.47. The molecule has 1 aromatic rings. The molecule has 3 unspecified atom stereocenters. The molecule has 0 saturated heterocycles. The van der Waals surface area contributed by atoms with E-state index in [1.54, 1.807) is 24.3 Å². The molecule has 0 spiro atoms. The van der Waals surface area contributed by atoms with Crippen LogP contribution in [0.2, 0.25) is 0 Å². The van der Waals surface area contributed by atoms with Crippen LogP contribution in [0.3, 0.4) is 0 Å². The second-order valence-electron chi connectivity index (χ2n) is 6.79. The van der Waals surface area contributed by atoms with Crippen LogP contribution in [0.4, 0.5) is 0 Å². The molecule has 3 atom stereocenters. The van der Waals surface area contributed by atoms with Crippen LogP contribution in [0.5, 0.6) is 0 Å². The summed E-state index contributed by atoms with van der Waals surface area (Å²) in [4.78, 5) is 12.4. The molecule has 1 aliphatic carbocycles. The van der Waals surface area contributed by atoms with E-state index in [1.807, 2.05) is 0 Å². The van der Waals surface area contributed by atoms with Gasteiger partial charge in [-0.05, 0) is 49.4 Å². The molecule has 6 heteroatoms. The molecule has 1 aliphatic rings. The van der Waals surface area contributed by atoms with E-state index in [0.717, 1.165) is 12.0 Å². The second kappa shape index (κ2) is 8.12. The van der Waals surface area contributed by atoms with Gasteiger partial charge in [-0.1, -0.05) is 38.8 Å². The quantitative estimate of drug-likeness (QED) is 0.826. The zero-order chi connectivity index (χ0) is 17.7. The van der Waals surface area contributed by atoms with E-state index < -0.39 is 10.0 Å². The summed E-state index contributed by atoms with van der Waals surface area (Å²) in [6, 6.07) is 6.96. The molecular weight excluding hydrogens is 324 g/mol.